The second kappa shape index (κ2) is 5.86. The van der Waals surface area contributed by atoms with Crippen LogP contribution in [0.3, 0.4) is 0 Å². The average molecular weight is 222 g/mol. The van der Waals surface area contributed by atoms with Gasteiger partial charge in [-0.1, -0.05) is 6.08 Å². The van der Waals surface area contributed by atoms with Crippen LogP contribution in [-0.2, 0) is 0 Å². The molecule has 0 saturated heterocycles. The highest BCUT2D eigenvalue weighted by Crippen LogP contribution is 2.40. The minimum absolute atomic E-state index is 0.00774. The summed E-state index contributed by atoms with van der Waals surface area (Å²) in [7, 11) is 0. The molecule has 0 radical (unpaired) electrons. The van der Waals surface area contributed by atoms with E-state index in [1.54, 1.807) is 0 Å². The molecule has 16 heavy (non-hydrogen) atoms. The molecular formula is C15H26O. The van der Waals surface area contributed by atoms with Gasteiger partial charge in [0.05, 0.1) is 6.10 Å². The molecule has 0 aliphatic heterocycles. The summed E-state index contributed by atoms with van der Waals surface area (Å²) < 4.78 is 0. The number of aliphatic hydroxyl groups is 1. The van der Waals surface area contributed by atoms with E-state index in [1.807, 2.05) is 0 Å². The van der Waals surface area contributed by atoms with Gasteiger partial charge in [-0.2, -0.15) is 0 Å². The van der Waals surface area contributed by atoms with Crippen molar-refractivity contribution in [3.63, 3.8) is 0 Å². The molecule has 1 N–H and O–H groups in total. The van der Waals surface area contributed by atoms with Crippen molar-refractivity contribution in [1.82, 2.24) is 0 Å². The monoisotopic (exact) mass is 222 g/mol. The van der Waals surface area contributed by atoms with Crippen LogP contribution < -0.4 is 0 Å². The lowest BCUT2D eigenvalue weighted by molar-refractivity contribution is 0.0772. The maximum atomic E-state index is 9.53. The highest BCUT2D eigenvalue weighted by atomic mass is 16.3. The lowest BCUT2D eigenvalue weighted by Gasteiger charge is -2.36. The summed E-state index contributed by atoms with van der Waals surface area (Å²) >= 11 is 0. The molecule has 1 heteroatoms. The van der Waals surface area contributed by atoms with Crippen LogP contribution in [0.15, 0.2) is 12.7 Å². The van der Waals surface area contributed by atoms with Gasteiger partial charge in [-0.15, -0.1) is 6.58 Å². The predicted octanol–water partition coefficient (Wildman–Crippen LogP) is 3.92. The summed E-state index contributed by atoms with van der Waals surface area (Å²) in [6, 6.07) is 0. The Kier molecular flexibility index (Phi) is 4.45. The van der Waals surface area contributed by atoms with Crippen molar-refractivity contribution in [3.8, 4) is 0 Å². The van der Waals surface area contributed by atoms with Crippen LogP contribution in [0.5, 0.6) is 0 Å². The Morgan fingerprint density at radius 1 is 0.875 bits per heavy atom. The van der Waals surface area contributed by atoms with Crippen molar-refractivity contribution in [2.75, 3.05) is 0 Å². The fourth-order valence-corrected chi connectivity index (χ4v) is 3.70. The zero-order valence-corrected chi connectivity index (χ0v) is 10.4. The summed E-state index contributed by atoms with van der Waals surface area (Å²) in [5.74, 6) is 2.81. The van der Waals surface area contributed by atoms with E-state index in [2.05, 4.69) is 12.7 Å². The molecule has 0 heterocycles. The molecule has 0 aromatic carbocycles. The average Bonchev–Trinajstić information content (AvgIpc) is 2.32. The zero-order chi connectivity index (χ0) is 11.4. The number of allylic oxidation sites excluding steroid dienone is 1. The second-order valence-electron chi connectivity index (χ2n) is 5.87. The zero-order valence-electron chi connectivity index (χ0n) is 10.4. The smallest absolute Gasteiger partial charge is 0.0540 e. The Labute approximate surface area is 99.9 Å². The van der Waals surface area contributed by atoms with Crippen LogP contribution in [-0.4, -0.2) is 11.2 Å². The molecule has 2 aliphatic rings. The summed E-state index contributed by atoms with van der Waals surface area (Å²) in [6.45, 7) is 3.84. The van der Waals surface area contributed by atoms with Crippen LogP contribution >= 0.6 is 0 Å². The minimum Gasteiger partial charge on any atom is -0.393 e. The molecule has 2 fully saturated rings. The van der Waals surface area contributed by atoms with Gasteiger partial charge < -0.3 is 5.11 Å². The molecule has 0 unspecified atom stereocenters. The van der Waals surface area contributed by atoms with Gasteiger partial charge >= 0.3 is 0 Å². The molecule has 92 valence electrons. The molecule has 1 nitrogen and oxygen atoms in total. The molecular weight excluding hydrogens is 196 g/mol. The quantitative estimate of drug-likeness (QED) is 0.718. The Balaban J connectivity index is 1.74. The number of hydrogen-bond acceptors (Lipinski definition) is 1. The summed E-state index contributed by atoms with van der Waals surface area (Å²) in [5, 5.41) is 9.53. The van der Waals surface area contributed by atoms with Crippen molar-refractivity contribution >= 4 is 0 Å². The van der Waals surface area contributed by atoms with E-state index in [-0.39, 0.29) is 6.10 Å². The first-order valence-corrected chi connectivity index (χ1v) is 7.08. The van der Waals surface area contributed by atoms with Crippen LogP contribution in [0.25, 0.3) is 0 Å². The number of hydrogen-bond donors (Lipinski definition) is 1. The predicted molar refractivity (Wildman–Crippen MR) is 68.2 cm³/mol. The standard InChI is InChI=1S/C15H26O/c1-2-3-12-4-6-13(7-5-12)14-8-10-15(16)11-9-14/h2,12-16H,1,3-11H2/t12-,13-,14?,15?. The first kappa shape index (κ1) is 12.2. The molecule has 0 aromatic heterocycles. The van der Waals surface area contributed by atoms with Crippen molar-refractivity contribution in [3.05, 3.63) is 12.7 Å². The molecule has 0 spiro atoms. The van der Waals surface area contributed by atoms with E-state index in [9.17, 15) is 5.11 Å². The topological polar surface area (TPSA) is 20.2 Å². The van der Waals surface area contributed by atoms with Gasteiger partial charge in [0.1, 0.15) is 0 Å². The van der Waals surface area contributed by atoms with Gasteiger partial charge in [-0.25, -0.2) is 0 Å². The summed E-state index contributed by atoms with van der Waals surface area (Å²) in [5.41, 5.74) is 0. The van der Waals surface area contributed by atoms with E-state index in [0.29, 0.717) is 0 Å². The lowest BCUT2D eigenvalue weighted by Crippen LogP contribution is -2.27. The number of aliphatic hydroxyl groups excluding tert-OH is 1. The van der Waals surface area contributed by atoms with E-state index in [0.717, 1.165) is 30.6 Å². The lowest BCUT2D eigenvalue weighted by atomic mass is 9.70. The van der Waals surface area contributed by atoms with Crippen molar-refractivity contribution in [2.45, 2.75) is 63.9 Å². The fourth-order valence-electron chi connectivity index (χ4n) is 3.70. The Morgan fingerprint density at radius 2 is 1.38 bits per heavy atom. The Hall–Kier alpha value is -0.300. The molecule has 0 aromatic rings. The summed E-state index contributed by atoms with van der Waals surface area (Å²) in [6.07, 6.45) is 13.7. The summed E-state index contributed by atoms with van der Waals surface area (Å²) in [4.78, 5) is 0. The first-order chi connectivity index (χ1) is 7.79. The third kappa shape index (κ3) is 3.10. The Bertz CT molecular complexity index is 207. The largest absolute Gasteiger partial charge is 0.393 e. The van der Waals surface area contributed by atoms with E-state index in [1.165, 1.54) is 44.9 Å². The molecule has 0 atom stereocenters. The maximum Gasteiger partial charge on any atom is 0.0540 e. The van der Waals surface area contributed by atoms with E-state index in [4.69, 9.17) is 0 Å². The highest BCUT2D eigenvalue weighted by Gasteiger charge is 2.29. The van der Waals surface area contributed by atoms with Gasteiger partial charge in [0, 0.05) is 0 Å². The molecule has 0 amide bonds. The van der Waals surface area contributed by atoms with Gasteiger partial charge in [-0.3, -0.25) is 0 Å². The minimum atomic E-state index is 0.00774. The second-order valence-corrected chi connectivity index (χ2v) is 5.87. The van der Waals surface area contributed by atoms with Gasteiger partial charge in [-0.05, 0) is 75.5 Å². The fraction of sp³-hybridized carbons (Fsp3) is 0.867. The van der Waals surface area contributed by atoms with Gasteiger partial charge in [0.15, 0.2) is 0 Å². The highest BCUT2D eigenvalue weighted by molar-refractivity contribution is 4.83. The third-order valence-electron chi connectivity index (χ3n) is 4.80. The molecule has 0 bridgehead atoms. The molecule has 2 saturated carbocycles. The Morgan fingerprint density at radius 3 is 1.88 bits per heavy atom. The normalized spacial score (nSPS) is 40.6. The van der Waals surface area contributed by atoms with Crippen molar-refractivity contribution in [2.24, 2.45) is 17.8 Å². The molecule has 2 aliphatic carbocycles. The van der Waals surface area contributed by atoms with Crippen molar-refractivity contribution < 1.29 is 5.11 Å². The first-order valence-electron chi connectivity index (χ1n) is 7.08. The SMILES string of the molecule is C=CC[C@H]1CC[C@H](C2CCC(O)CC2)CC1. The van der Waals surface area contributed by atoms with E-state index >= 15 is 0 Å². The van der Waals surface area contributed by atoms with Crippen LogP contribution in [0.1, 0.15) is 57.8 Å². The number of rotatable bonds is 3. The molecule has 2 rings (SSSR count). The van der Waals surface area contributed by atoms with Crippen LogP contribution in [0.4, 0.5) is 0 Å². The van der Waals surface area contributed by atoms with Crippen LogP contribution in [0.2, 0.25) is 0 Å². The van der Waals surface area contributed by atoms with Gasteiger partial charge in [0.2, 0.25) is 0 Å². The van der Waals surface area contributed by atoms with Crippen LogP contribution in [0, 0.1) is 17.8 Å². The van der Waals surface area contributed by atoms with Gasteiger partial charge in [0.25, 0.3) is 0 Å². The maximum absolute atomic E-state index is 9.53. The third-order valence-corrected chi connectivity index (χ3v) is 4.80. The van der Waals surface area contributed by atoms with E-state index < -0.39 is 0 Å². The van der Waals surface area contributed by atoms with Crippen molar-refractivity contribution in [1.29, 1.82) is 0 Å².